The van der Waals surface area contributed by atoms with E-state index in [9.17, 15) is 4.79 Å². The van der Waals surface area contributed by atoms with Crippen molar-refractivity contribution in [2.24, 2.45) is 0 Å². The molecule has 0 atom stereocenters. The topological polar surface area (TPSA) is 92.9 Å². The van der Waals surface area contributed by atoms with E-state index in [0.717, 1.165) is 23.4 Å². The van der Waals surface area contributed by atoms with Crippen molar-refractivity contribution in [3.63, 3.8) is 0 Å². The van der Waals surface area contributed by atoms with Gasteiger partial charge < -0.3 is 16.4 Å². The van der Waals surface area contributed by atoms with Crippen LogP contribution in [0.2, 0.25) is 0 Å². The molecule has 20 heavy (non-hydrogen) atoms. The van der Waals surface area contributed by atoms with Crippen molar-refractivity contribution in [2.75, 3.05) is 16.4 Å². The maximum absolute atomic E-state index is 11.3. The zero-order valence-electron chi connectivity index (χ0n) is 10.9. The van der Waals surface area contributed by atoms with Gasteiger partial charge in [0.2, 0.25) is 5.91 Å². The normalized spacial score (nSPS) is 13.5. The number of aromatic nitrogens is 2. The lowest BCUT2D eigenvalue weighted by Gasteiger charge is -2.17. The van der Waals surface area contributed by atoms with Crippen LogP contribution in [-0.2, 0) is 17.8 Å². The minimum atomic E-state index is 0.0753. The van der Waals surface area contributed by atoms with Gasteiger partial charge in [0, 0.05) is 24.0 Å². The molecule has 0 saturated carbocycles. The highest BCUT2D eigenvalue weighted by Gasteiger charge is 2.14. The molecule has 3 rings (SSSR count). The van der Waals surface area contributed by atoms with E-state index in [1.165, 1.54) is 0 Å². The second kappa shape index (κ2) is 5.16. The summed E-state index contributed by atoms with van der Waals surface area (Å²) in [5, 5.41) is 6.12. The zero-order chi connectivity index (χ0) is 13.9. The number of hydrogen-bond donors (Lipinski definition) is 3. The molecule has 0 radical (unpaired) electrons. The van der Waals surface area contributed by atoms with E-state index < -0.39 is 0 Å². The number of nitrogens with two attached hydrogens (primary N) is 1. The van der Waals surface area contributed by atoms with Crippen LogP contribution in [0.1, 0.15) is 17.8 Å². The zero-order valence-corrected chi connectivity index (χ0v) is 10.9. The molecule has 1 aromatic carbocycles. The molecule has 1 aliphatic heterocycles. The monoisotopic (exact) mass is 269 g/mol. The summed E-state index contributed by atoms with van der Waals surface area (Å²) >= 11 is 0. The smallest absolute Gasteiger partial charge is 0.224 e. The average molecular weight is 269 g/mol. The Kier molecular flexibility index (Phi) is 3.20. The summed E-state index contributed by atoms with van der Waals surface area (Å²) in [6.45, 7) is 0.510. The minimum Gasteiger partial charge on any atom is -0.384 e. The minimum absolute atomic E-state index is 0.0753. The molecule has 0 saturated heterocycles. The Balaban J connectivity index is 1.71. The van der Waals surface area contributed by atoms with Gasteiger partial charge in [0.1, 0.15) is 11.6 Å². The van der Waals surface area contributed by atoms with E-state index in [-0.39, 0.29) is 5.91 Å². The molecule has 2 aromatic rings. The lowest BCUT2D eigenvalue weighted by molar-refractivity contribution is -0.116. The molecule has 6 heteroatoms. The molecule has 2 heterocycles. The van der Waals surface area contributed by atoms with E-state index in [1.54, 1.807) is 12.3 Å². The van der Waals surface area contributed by atoms with Gasteiger partial charge in [0.15, 0.2) is 0 Å². The molecule has 0 unspecified atom stereocenters. The average Bonchev–Trinajstić information content (AvgIpc) is 2.45. The van der Waals surface area contributed by atoms with Crippen LogP contribution in [0.25, 0.3) is 0 Å². The van der Waals surface area contributed by atoms with Crippen molar-refractivity contribution >= 4 is 23.1 Å². The first-order valence-corrected chi connectivity index (χ1v) is 6.45. The van der Waals surface area contributed by atoms with Crippen molar-refractivity contribution in [3.8, 4) is 0 Å². The van der Waals surface area contributed by atoms with Crippen LogP contribution in [0.4, 0.5) is 17.2 Å². The van der Waals surface area contributed by atoms with E-state index in [4.69, 9.17) is 5.73 Å². The highest BCUT2D eigenvalue weighted by molar-refractivity contribution is 5.94. The standard InChI is InChI=1S/C14H15N5O/c15-12-5-6-16-13(19-12)8-17-10-2-3-11-9(7-10)1-4-14(20)18-11/h2-3,5-7,17H,1,4,8H2,(H,18,20)(H2,15,16,19). The van der Waals surface area contributed by atoms with E-state index in [1.807, 2.05) is 18.2 Å². The Morgan fingerprint density at radius 1 is 1.30 bits per heavy atom. The van der Waals surface area contributed by atoms with Crippen LogP contribution in [0.3, 0.4) is 0 Å². The number of fused-ring (bicyclic) bond motifs is 1. The second-order valence-corrected chi connectivity index (χ2v) is 4.67. The molecule has 0 spiro atoms. The van der Waals surface area contributed by atoms with Crippen LogP contribution >= 0.6 is 0 Å². The molecule has 102 valence electrons. The van der Waals surface area contributed by atoms with Crippen molar-refractivity contribution in [3.05, 3.63) is 41.9 Å². The number of aryl methyl sites for hydroxylation is 1. The molecule has 6 nitrogen and oxygen atoms in total. The summed E-state index contributed by atoms with van der Waals surface area (Å²) in [7, 11) is 0. The Morgan fingerprint density at radius 2 is 2.20 bits per heavy atom. The number of benzene rings is 1. The SMILES string of the molecule is Nc1ccnc(CNc2ccc3c(c2)CCC(=O)N3)n1. The first kappa shape index (κ1) is 12.4. The fraction of sp³-hybridized carbons (Fsp3) is 0.214. The van der Waals surface area contributed by atoms with Crippen LogP contribution in [-0.4, -0.2) is 15.9 Å². The van der Waals surface area contributed by atoms with Gasteiger partial charge in [-0.1, -0.05) is 0 Å². The summed E-state index contributed by atoms with van der Waals surface area (Å²) in [6.07, 6.45) is 2.95. The number of hydrogen-bond acceptors (Lipinski definition) is 5. The molecule has 4 N–H and O–H groups in total. The summed E-state index contributed by atoms with van der Waals surface area (Å²) in [6, 6.07) is 7.54. The number of nitrogen functional groups attached to an aromatic ring is 1. The van der Waals surface area contributed by atoms with Crippen molar-refractivity contribution in [1.82, 2.24) is 9.97 Å². The third kappa shape index (κ3) is 2.69. The third-order valence-corrected chi connectivity index (χ3v) is 3.18. The van der Waals surface area contributed by atoms with Crippen LogP contribution in [0, 0.1) is 0 Å². The molecule has 0 bridgehead atoms. The summed E-state index contributed by atoms with van der Waals surface area (Å²) in [4.78, 5) is 19.6. The number of rotatable bonds is 3. The van der Waals surface area contributed by atoms with Gasteiger partial charge in [-0.2, -0.15) is 0 Å². The number of nitrogens with one attached hydrogen (secondary N) is 2. The quantitative estimate of drug-likeness (QED) is 0.786. The lowest BCUT2D eigenvalue weighted by Crippen LogP contribution is -2.19. The highest BCUT2D eigenvalue weighted by Crippen LogP contribution is 2.25. The van der Waals surface area contributed by atoms with E-state index in [0.29, 0.717) is 24.6 Å². The predicted octanol–water partition coefficient (Wildman–Crippen LogP) is 1.56. The molecule has 0 aliphatic carbocycles. The molecular weight excluding hydrogens is 254 g/mol. The summed E-state index contributed by atoms with van der Waals surface area (Å²) < 4.78 is 0. The molecule has 1 aromatic heterocycles. The van der Waals surface area contributed by atoms with E-state index in [2.05, 4.69) is 20.6 Å². The lowest BCUT2D eigenvalue weighted by atomic mass is 10.0. The Hall–Kier alpha value is -2.63. The summed E-state index contributed by atoms with van der Waals surface area (Å²) in [5.74, 6) is 1.19. The van der Waals surface area contributed by atoms with E-state index >= 15 is 0 Å². The van der Waals surface area contributed by atoms with Gasteiger partial charge in [-0.3, -0.25) is 4.79 Å². The van der Waals surface area contributed by atoms with Gasteiger partial charge in [0.25, 0.3) is 0 Å². The Labute approximate surface area is 116 Å². The van der Waals surface area contributed by atoms with Crippen LogP contribution in [0.5, 0.6) is 0 Å². The second-order valence-electron chi connectivity index (χ2n) is 4.67. The van der Waals surface area contributed by atoms with Gasteiger partial charge in [0.05, 0.1) is 6.54 Å². The summed E-state index contributed by atoms with van der Waals surface area (Å²) in [5.41, 5.74) is 8.63. The number of nitrogens with zero attached hydrogens (tertiary/aromatic N) is 2. The van der Waals surface area contributed by atoms with Crippen molar-refractivity contribution in [1.29, 1.82) is 0 Å². The van der Waals surface area contributed by atoms with Gasteiger partial charge in [-0.05, 0) is 36.2 Å². The number of amides is 1. The maximum atomic E-state index is 11.3. The Bertz CT molecular complexity index is 656. The molecule has 1 aliphatic rings. The largest absolute Gasteiger partial charge is 0.384 e. The first-order valence-electron chi connectivity index (χ1n) is 6.45. The first-order chi connectivity index (χ1) is 9.70. The molecule has 0 fully saturated rings. The van der Waals surface area contributed by atoms with Crippen molar-refractivity contribution < 1.29 is 4.79 Å². The number of carbonyl (C=O) groups is 1. The maximum Gasteiger partial charge on any atom is 0.224 e. The third-order valence-electron chi connectivity index (χ3n) is 3.18. The number of anilines is 3. The van der Waals surface area contributed by atoms with Gasteiger partial charge in [-0.15, -0.1) is 0 Å². The fourth-order valence-corrected chi connectivity index (χ4v) is 2.17. The Morgan fingerprint density at radius 3 is 3.05 bits per heavy atom. The van der Waals surface area contributed by atoms with Crippen molar-refractivity contribution in [2.45, 2.75) is 19.4 Å². The highest BCUT2D eigenvalue weighted by atomic mass is 16.1. The van der Waals surface area contributed by atoms with Gasteiger partial charge >= 0.3 is 0 Å². The van der Waals surface area contributed by atoms with Crippen LogP contribution in [0.15, 0.2) is 30.5 Å². The molecular formula is C14H15N5O. The molecule has 1 amide bonds. The fourth-order valence-electron chi connectivity index (χ4n) is 2.17. The van der Waals surface area contributed by atoms with Crippen LogP contribution < -0.4 is 16.4 Å². The number of carbonyl (C=O) groups excluding carboxylic acids is 1. The predicted molar refractivity (Wildman–Crippen MR) is 77.2 cm³/mol. The van der Waals surface area contributed by atoms with Gasteiger partial charge in [-0.25, -0.2) is 9.97 Å².